The molecule has 0 aliphatic carbocycles. The zero-order valence-corrected chi connectivity index (χ0v) is 11.3. The lowest BCUT2D eigenvalue weighted by Crippen LogP contribution is -2.71. The first-order chi connectivity index (χ1) is 7.09. The van der Waals surface area contributed by atoms with Gasteiger partial charge >= 0.3 is 0 Å². The highest BCUT2D eigenvalue weighted by Gasteiger charge is 2.45. The largest absolute Gasteiger partial charge is 0.298 e. The number of hydrogen-bond acceptors (Lipinski definition) is 2. The molecular weight excluding hydrogens is 184 g/mol. The number of piperidine rings is 1. The Bertz CT molecular complexity index is 177. The van der Waals surface area contributed by atoms with Gasteiger partial charge in [0.05, 0.1) is 0 Å². The van der Waals surface area contributed by atoms with Gasteiger partial charge in [0, 0.05) is 37.3 Å². The normalized spacial score (nSPS) is 31.2. The van der Waals surface area contributed by atoms with Crippen molar-refractivity contribution in [3.63, 3.8) is 0 Å². The van der Waals surface area contributed by atoms with Gasteiger partial charge in [-0.25, -0.2) is 0 Å². The Labute approximate surface area is 95.6 Å². The fourth-order valence-corrected chi connectivity index (χ4v) is 2.94. The first-order valence-corrected chi connectivity index (χ1v) is 6.61. The minimum Gasteiger partial charge on any atom is -0.298 e. The van der Waals surface area contributed by atoms with E-state index >= 15 is 0 Å². The van der Waals surface area contributed by atoms with E-state index in [4.69, 9.17) is 0 Å². The number of nitrogens with zero attached hydrogens (tertiary/aromatic N) is 2. The highest BCUT2D eigenvalue weighted by molar-refractivity contribution is 5.02. The molecule has 2 unspecified atom stereocenters. The fourth-order valence-electron chi connectivity index (χ4n) is 2.94. The summed E-state index contributed by atoms with van der Waals surface area (Å²) in [5, 5.41) is 0. The predicted octanol–water partition coefficient (Wildman–Crippen LogP) is 2.59. The predicted molar refractivity (Wildman–Crippen MR) is 67.2 cm³/mol. The molecule has 0 aromatic rings. The van der Waals surface area contributed by atoms with Gasteiger partial charge in [0.1, 0.15) is 0 Å². The summed E-state index contributed by atoms with van der Waals surface area (Å²) in [7, 11) is 0. The molecule has 15 heavy (non-hydrogen) atoms. The Morgan fingerprint density at radius 3 is 1.67 bits per heavy atom. The van der Waals surface area contributed by atoms with Crippen molar-refractivity contribution < 1.29 is 0 Å². The second-order valence-corrected chi connectivity index (χ2v) is 5.13. The van der Waals surface area contributed by atoms with Crippen LogP contribution in [-0.4, -0.2) is 47.1 Å². The number of hydrogen-bond donors (Lipinski definition) is 0. The van der Waals surface area contributed by atoms with Gasteiger partial charge in [-0.1, -0.05) is 13.8 Å². The van der Waals surface area contributed by atoms with Crippen LogP contribution in [0.15, 0.2) is 0 Å². The van der Waals surface area contributed by atoms with Crippen molar-refractivity contribution in [3.8, 4) is 0 Å². The summed E-state index contributed by atoms with van der Waals surface area (Å²) >= 11 is 0. The Balaban J connectivity index is 0.000000531. The molecule has 3 rings (SSSR count). The maximum Gasteiger partial charge on any atom is 0.0244 e. The number of piperazine rings is 1. The summed E-state index contributed by atoms with van der Waals surface area (Å²) < 4.78 is 0. The Morgan fingerprint density at radius 1 is 0.867 bits per heavy atom. The van der Waals surface area contributed by atoms with E-state index < -0.39 is 0 Å². The third-order valence-electron chi connectivity index (χ3n) is 3.60. The van der Waals surface area contributed by atoms with Crippen molar-refractivity contribution in [1.29, 1.82) is 0 Å². The summed E-state index contributed by atoms with van der Waals surface area (Å²) in [4.78, 5) is 5.32. The van der Waals surface area contributed by atoms with Crippen molar-refractivity contribution in [2.45, 2.75) is 72.1 Å². The molecular formula is C13H28N2. The highest BCUT2D eigenvalue weighted by Crippen LogP contribution is 2.34. The van der Waals surface area contributed by atoms with E-state index in [1.165, 1.54) is 19.5 Å². The van der Waals surface area contributed by atoms with Crippen LogP contribution in [0.4, 0.5) is 0 Å². The summed E-state index contributed by atoms with van der Waals surface area (Å²) in [5.41, 5.74) is 0. The van der Waals surface area contributed by atoms with Crippen LogP contribution >= 0.6 is 0 Å². The molecule has 0 N–H and O–H groups in total. The summed E-state index contributed by atoms with van der Waals surface area (Å²) in [6.07, 6.45) is 1.45. The van der Waals surface area contributed by atoms with E-state index in [0.717, 1.165) is 24.2 Å². The molecule has 0 amide bonds. The molecule has 3 fully saturated rings. The maximum absolute atomic E-state index is 2.69. The van der Waals surface area contributed by atoms with Crippen LogP contribution in [0.5, 0.6) is 0 Å². The van der Waals surface area contributed by atoms with Crippen LogP contribution in [0, 0.1) is 0 Å². The van der Waals surface area contributed by atoms with Crippen molar-refractivity contribution in [2.75, 3.05) is 13.1 Å². The van der Waals surface area contributed by atoms with Crippen molar-refractivity contribution in [2.24, 2.45) is 0 Å². The average Bonchev–Trinajstić information content (AvgIpc) is 2.19. The van der Waals surface area contributed by atoms with E-state index in [-0.39, 0.29) is 0 Å². The molecule has 2 atom stereocenters. The molecule has 2 nitrogen and oxygen atoms in total. The molecule has 3 aliphatic rings. The van der Waals surface area contributed by atoms with Crippen molar-refractivity contribution in [3.05, 3.63) is 0 Å². The third kappa shape index (κ3) is 2.54. The fraction of sp³-hybridized carbons (Fsp3) is 1.00. The lowest BCUT2D eigenvalue weighted by molar-refractivity contribution is -0.0955. The van der Waals surface area contributed by atoms with Gasteiger partial charge in [-0.05, 0) is 34.1 Å². The number of rotatable bonds is 2. The molecule has 0 saturated carbocycles. The molecule has 0 aromatic carbocycles. The standard InChI is InChI=1S/C11H22N2.C2H6/c1-8(2)12-6-10-5-11(7-12)13(10)9(3)4;1-2/h8-11H,5-7H2,1-4H3;1-2H3. The highest BCUT2D eigenvalue weighted by atomic mass is 15.4. The lowest BCUT2D eigenvalue weighted by Gasteiger charge is -2.59. The van der Waals surface area contributed by atoms with Crippen LogP contribution < -0.4 is 0 Å². The quantitative estimate of drug-likeness (QED) is 0.694. The van der Waals surface area contributed by atoms with Gasteiger partial charge in [-0.2, -0.15) is 0 Å². The molecule has 90 valence electrons. The maximum atomic E-state index is 2.69. The minimum absolute atomic E-state index is 0.736. The van der Waals surface area contributed by atoms with Gasteiger partial charge in [-0.3, -0.25) is 9.80 Å². The number of fused-ring (bicyclic) bond motifs is 2. The molecule has 0 radical (unpaired) electrons. The molecule has 3 heterocycles. The van der Waals surface area contributed by atoms with E-state index in [9.17, 15) is 0 Å². The Morgan fingerprint density at radius 2 is 1.33 bits per heavy atom. The van der Waals surface area contributed by atoms with Gasteiger partial charge in [0.2, 0.25) is 0 Å². The zero-order chi connectivity index (χ0) is 11.6. The minimum atomic E-state index is 0.736. The van der Waals surface area contributed by atoms with Crippen molar-refractivity contribution in [1.82, 2.24) is 9.80 Å². The van der Waals surface area contributed by atoms with E-state index in [2.05, 4.69) is 37.5 Å². The van der Waals surface area contributed by atoms with Gasteiger partial charge < -0.3 is 0 Å². The van der Waals surface area contributed by atoms with E-state index in [0.29, 0.717) is 0 Å². The second-order valence-electron chi connectivity index (χ2n) is 5.13. The van der Waals surface area contributed by atoms with Crippen LogP contribution in [0.1, 0.15) is 48.0 Å². The van der Waals surface area contributed by atoms with Crippen LogP contribution in [-0.2, 0) is 0 Å². The SMILES string of the molecule is CC.CC(C)N1CC2CC(C1)N2C(C)C. The Kier molecular flexibility index (Phi) is 4.60. The third-order valence-corrected chi connectivity index (χ3v) is 3.60. The molecule has 3 saturated heterocycles. The smallest absolute Gasteiger partial charge is 0.0244 e. The van der Waals surface area contributed by atoms with Crippen molar-refractivity contribution >= 4 is 0 Å². The topological polar surface area (TPSA) is 6.48 Å². The van der Waals surface area contributed by atoms with Crippen LogP contribution in [0.3, 0.4) is 0 Å². The molecule has 0 aromatic heterocycles. The first kappa shape index (κ1) is 13.0. The Hall–Kier alpha value is -0.0800. The molecule has 2 bridgehead atoms. The van der Waals surface area contributed by atoms with Gasteiger partial charge in [0.25, 0.3) is 0 Å². The van der Waals surface area contributed by atoms with E-state index in [1.807, 2.05) is 13.8 Å². The second kappa shape index (κ2) is 5.31. The monoisotopic (exact) mass is 212 g/mol. The summed E-state index contributed by atoms with van der Waals surface area (Å²) in [5.74, 6) is 0. The first-order valence-electron chi connectivity index (χ1n) is 6.61. The molecule has 2 heteroatoms. The molecule has 3 aliphatic heterocycles. The van der Waals surface area contributed by atoms with Gasteiger partial charge in [-0.15, -0.1) is 0 Å². The summed E-state index contributed by atoms with van der Waals surface area (Å²) in [6, 6.07) is 3.21. The van der Waals surface area contributed by atoms with Crippen LogP contribution in [0.2, 0.25) is 0 Å². The summed E-state index contributed by atoms with van der Waals surface area (Å²) in [6.45, 7) is 15.9. The average molecular weight is 212 g/mol. The molecule has 0 spiro atoms. The van der Waals surface area contributed by atoms with Crippen LogP contribution in [0.25, 0.3) is 0 Å². The lowest BCUT2D eigenvalue weighted by atomic mass is 9.85. The zero-order valence-electron chi connectivity index (χ0n) is 11.3. The van der Waals surface area contributed by atoms with E-state index in [1.54, 1.807) is 0 Å². The van der Waals surface area contributed by atoms with Gasteiger partial charge in [0.15, 0.2) is 0 Å².